The lowest BCUT2D eigenvalue weighted by Gasteiger charge is -2.14. The molecule has 0 aliphatic rings. The van der Waals surface area contributed by atoms with Crippen LogP contribution in [0.3, 0.4) is 0 Å². The van der Waals surface area contributed by atoms with Crippen LogP contribution in [0.25, 0.3) is 0 Å². The number of para-hydroxylation sites is 1. The first kappa shape index (κ1) is 19.3. The Labute approximate surface area is 164 Å². The van der Waals surface area contributed by atoms with Crippen LogP contribution in [0, 0.1) is 0 Å². The molecular formula is C23H23N3O2. The number of Topliss-reactive ketones (excluding diaryl/α,β-unsaturated/α-hetero) is 1. The topological polar surface area (TPSA) is 71.1 Å². The highest BCUT2D eigenvalue weighted by Gasteiger charge is 2.12. The van der Waals surface area contributed by atoms with Gasteiger partial charge >= 0.3 is 0 Å². The van der Waals surface area contributed by atoms with Gasteiger partial charge in [-0.25, -0.2) is 4.98 Å². The Kier molecular flexibility index (Phi) is 5.84. The number of hydrogen-bond acceptors (Lipinski definition) is 4. The van der Waals surface area contributed by atoms with Crippen molar-refractivity contribution in [3.8, 4) is 0 Å². The molecule has 0 fully saturated rings. The van der Waals surface area contributed by atoms with Crippen LogP contribution in [0.5, 0.6) is 0 Å². The zero-order chi connectivity index (χ0) is 20.1. The first-order valence-corrected chi connectivity index (χ1v) is 9.18. The number of benzene rings is 2. The molecule has 0 unspecified atom stereocenters. The van der Waals surface area contributed by atoms with Crippen molar-refractivity contribution in [2.24, 2.45) is 0 Å². The maximum atomic E-state index is 12.7. The first-order chi connectivity index (χ1) is 13.4. The van der Waals surface area contributed by atoms with Crippen LogP contribution < -0.4 is 10.6 Å². The molecule has 2 N–H and O–H groups in total. The molecule has 0 spiro atoms. The van der Waals surface area contributed by atoms with Gasteiger partial charge in [-0.05, 0) is 60.9 Å². The fraction of sp³-hybridized carbons (Fsp3) is 0.174. The summed E-state index contributed by atoms with van der Waals surface area (Å²) in [5, 5.41) is 6.14. The van der Waals surface area contributed by atoms with Gasteiger partial charge in [0.05, 0.1) is 0 Å². The van der Waals surface area contributed by atoms with Gasteiger partial charge in [0.1, 0.15) is 5.82 Å². The molecule has 0 bridgehead atoms. The van der Waals surface area contributed by atoms with Crippen LogP contribution in [0.2, 0.25) is 0 Å². The summed E-state index contributed by atoms with van der Waals surface area (Å²) in [5.41, 5.74) is 3.86. The van der Waals surface area contributed by atoms with E-state index in [2.05, 4.69) is 29.5 Å². The third-order valence-electron chi connectivity index (χ3n) is 4.42. The van der Waals surface area contributed by atoms with Crippen LogP contribution in [-0.4, -0.2) is 16.7 Å². The molecule has 142 valence electrons. The van der Waals surface area contributed by atoms with Crippen LogP contribution in [0.4, 0.5) is 17.2 Å². The van der Waals surface area contributed by atoms with E-state index in [9.17, 15) is 9.59 Å². The van der Waals surface area contributed by atoms with E-state index in [1.807, 2.05) is 36.4 Å². The number of nitrogens with zero attached hydrogens (tertiary/aromatic N) is 1. The molecule has 0 saturated heterocycles. The first-order valence-electron chi connectivity index (χ1n) is 9.18. The van der Waals surface area contributed by atoms with Gasteiger partial charge in [-0.1, -0.05) is 32.0 Å². The van der Waals surface area contributed by atoms with E-state index in [-0.39, 0.29) is 11.7 Å². The smallest absolute Gasteiger partial charge is 0.255 e. The number of pyridine rings is 1. The van der Waals surface area contributed by atoms with Gasteiger partial charge < -0.3 is 10.6 Å². The van der Waals surface area contributed by atoms with Gasteiger partial charge in [0.2, 0.25) is 0 Å². The summed E-state index contributed by atoms with van der Waals surface area (Å²) >= 11 is 0. The molecule has 0 aliphatic heterocycles. The predicted molar refractivity (Wildman–Crippen MR) is 112 cm³/mol. The lowest BCUT2D eigenvalue weighted by molar-refractivity contribution is 0.101. The molecule has 1 aromatic heterocycles. The van der Waals surface area contributed by atoms with Crippen molar-refractivity contribution >= 4 is 28.9 Å². The quantitative estimate of drug-likeness (QED) is 0.567. The van der Waals surface area contributed by atoms with E-state index < -0.39 is 0 Å². The van der Waals surface area contributed by atoms with Crippen molar-refractivity contribution < 1.29 is 9.59 Å². The Balaban J connectivity index is 1.76. The molecule has 3 rings (SSSR count). The van der Waals surface area contributed by atoms with E-state index in [1.54, 1.807) is 30.5 Å². The molecule has 0 atom stereocenters. The number of carbonyl (C=O) groups is 2. The number of anilines is 3. The van der Waals surface area contributed by atoms with Crippen molar-refractivity contribution in [3.05, 3.63) is 83.6 Å². The average molecular weight is 373 g/mol. The molecule has 5 nitrogen and oxygen atoms in total. The second-order valence-electron chi connectivity index (χ2n) is 6.88. The summed E-state index contributed by atoms with van der Waals surface area (Å²) in [7, 11) is 0. The Morgan fingerprint density at radius 1 is 0.929 bits per heavy atom. The van der Waals surface area contributed by atoms with Gasteiger partial charge in [0, 0.05) is 28.7 Å². The molecule has 0 radical (unpaired) electrons. The summed E-state index contributed by atoms with van der Waals surface area (Å²) in [6, 6.07) is 18.3. The zero-order valence-electron chi connectivity index (χ0n) is 16.2. The number of hydrogen-bond donors (Lipinski definition) is 2. The van der Waals surface area contributed by atoms with Crippen molar-refractivity contribution in [2.75, 3.05) is 10.6 Å². The summed E-state index contributed by atoms with van der Waals surface area (Å²) < 4.78 is 0. The normalized spacial score (nSPS) is 10.6. The molecule has 5 heteroatoms. The van der Waals surface area contributed by atoms with Crippen LogP contribution in [-0.2, 0) is 0 Å². The van der Waals surface area contributed by atoms with E-state index >= 15 is 0 Å². The number of rotatable bonds is 6. The second kappa shape index (κ2) is 8.48. The summed E-state index contributed by atoms with van der Waals surface area (Å²) in [6.07, 6.45) is 1.59. The summed E-state index contributed by atoms with van der Waals surface area (Å²) in [6.45, 7) is 5.72. The van der Waals surface area contributed by atoms with Crippen molar-refractivity contribution in [1.29, 1.82) is 0 Å². The molecule has 28 heavy (non-hydrogen) atoms. The lowest BCUT2D eigenvalue weighted by Crippen LogP contribution is -2.14. The fourth-order valence-electron chi connectivity index (χ4n) is 2.89. The second-order valence-corrected chi connectivity index (χ2v) is 6.88. The standard InChI is InChI=1S/C23H23N3O2/c1-15(2)20-6-4-5-7-21(20)26-23(28)18-12-13-24-22(14-18)25-19-10-8-17(9-11-19)16(3)27/h4-15H,1-3H3,(H,24,25)(H,26,28). The number of nitrogens with one attached hydrogen (secondary N) is 2. The van der Waals surface area contributed by atoms with E-state index in [1.165, 1.54) is 6.92 Å². The number of aromatic nitrogens is 1. The van der Waals surface area contributed by atoms with Gasteiger partial charge in [-0.2, -0.15) is 0 Å². The molecule has 3 aromatic rings. The summed E-state index contributed by atoms with van der Waals surface area (Å²) in [4.78, 5) is 28.4. The average Bonchev–Trinajstić information content (AvgIpc) is 2.69. The Morgan fingerprint density at radius 2 is 1.64 bits per heavy atom. The molecular weight excluding hydrogens is 350 g/mol. The third-order valence-corrected chi connectivity index (χ3v) is 4.42. The molecule has 2 aromatic carbocycles. The van der Waals surface area contributed by atoms with Gasteiger partial charge in [-0.15, -0.1) is 0 Å². The van der Waals surface area contributed by atoms with Crippen LogP contribution >= 0.6 is 0 Å². The van der Waals surface area contributed by atoms with Crippen molar-refractivity contribution in [3.63, 3.8) is 0 Å². The Hall–Kier alpha value is -3.47. The minimum Gasteiger partial charge on any atom is -0.340 e. The summed E-state index contributed by atoms with van der Waals surface area (Å²) in [5.74, 6) is 0.694. The predicted octanol–water partition coefficient (Wildman–Crippen LogP) is 5.40. The maximum absolute atomic E-state index is 12.7. The maximum Gasteiger partial charge on any atom is 0.255 e. The number of ketones is 1. The minimum atomic E-state index is -0.189. The molecule has 1 heterocycles. The van der Waals surface area contributed by atoms with Crippen LogP contribution in [0.1, 0.15) is 53.0 Å². The van der Waals surface area contributed by atoms with E-state index in [4.69, 9.17) is 0 Å². The molecule has 0 aliphatic carbocycles. The largest absolute Gasteiger partial charge is 0.340 e. The van der Waals surface area contributed by atoms with E-state index in [0.29, 0.717) is 22.9 Å². The SMILES string of the molecule is CC(=O)c1ccc(Nc2cc(C(=O)Nc3ccccc3C(C)C)ccn2)cc1. The lowest BCUT2D eigenvalue weighted by atomic mass is 10.0. The highest BCUT2D eigenvalue weighted by atomic mass is 16.1. The zero-order valence-corrected chi connectivity index (χ0v) is 16.2. The Bertz CT molecular complexity index is 995. The third kappa shape index (κ3) is 4.62. The van der Waals surface area contributed by atoms with Gasteiger partial charge in [-0.3, -0.25) is 9.59 Å². The number of amides is 1. The monoisotopic (exact) mass is 373 g/mol. The van der Waals surface area contributed by atoms with Gasteiger partial charge in [0.25, 0.3) is 5.91 Å². The highest BCUT2D eigenvalue weighted by Crippen LogP contribution is 2.24. The highest BCUT2D eigenvalue weighted by molar-refractivity contribution is 6.05. The molecule has 1 amide bonds. The number of carbonyl (C=O) groups excluding carboxylic acids is 2. The van der Waals surface area contributed by atoms with Crippen molar-refractivity contribution in [2.45, 2.75) is 26.7 Å². The van der Waals surface area contributed by atoms with Crippen molar-refractivity contribution in [1.82, 2.24) is 4.98 Å². The van der Waals surface area contributed by atoms with Gasteiger partial charge in [0.15, 0.2) is 5.78 Å². The molecule has 0 saturated carbocycles. The minimum absolute atomic E-state index is 0.0185. The fourth-order valence-corrected chi connectivity index (χ4v) is 2.89. The van der Waals surface area contributed by atoms with E-state index in [0.717, 1.165) is 16.9 Å². The van der Waals surface area contributed by atoms with Crippen LogP contribution in [0.15, 0.2) is 66.9 Å². The Morgan fingerprint density at radius 3 is 2.32 bits per heavy atom.